The van der Waals surface area contributed by atoms with E-state index in [1.165, 1.54) is 37.4 Å². The molecule has 0 aliphatic heterocycles. The SMILES string of the molecule is COc1ccc(S(=O)(=O)Nc2ccc(F)c(C)c2)cc1C. The molecule has 2 rings (SSSR count). The maximum Gasteiger partial charge on any atom is 0.261 e. The standard InChI is InChI=1S/C15H16FNO3S/c1-10-8-12(4-6-14(10)16)17-21(18,19)13-5-7-15(20-3)11(2)9-13/h4-9,17H,1-3H3. The fourth-order valence-electron chi connectivity index (χ4n) is 1.94. The van der Waals surface area contributed by atoms with Gasteiger partial charge in [-0.05, 0) is 61.4 Å². The molecule has 4 nitrogen and oxygen atoms in total. The smallest absolute Gasteiger partial charge is 0.261 e. The first kappa shape index (κ1) is 15.3. The van der Waals surface area contributed by atoms with Gasteiger partial charge in [0.1, 0.15) is 11.6 Å². The number of methoxy groups -OCH3 is 1. The third-order valence-corrected chi connectivity index (χ3v) is 4.47. The summed E-state index contributed by atoms with van der Waals surface area (Å²) in [5, 5.41) is 0. The molecule has 2 aromatic carbocycles. The molecule has 112 valence electrons. The highest BCUT2D eigenvalue weighted by molar-refractivity contribution is 7.92. The Balaban J connectivity index is 2.33. The molecule has 0 spiro atoms. The van der Waals surface area contributed by atoms with Crippen molar-refractivity contribution in [3.05, 3.63) is 53.3 Å². The van der Waals surface area contributed by atoms with Crippen molar-refractivity contribution in [3.63, 3.8) is 0 Å². The fourth-order valence-corrected chi connectivity index (χ4v) is 3.07. The summed E-state index contributed by atoms with van der Waals surface area (Å²) < 4.78 is 45.3. The number of aryl methyl sites for hydroxylation is 2. The van der Waals surface area contributed by atoms with E-state index in [4.69, 9.17) is 4.74 Å². The second-order valence-electron chi connectivity index (χ2n) is 4.70. The first-order chi connectivity index (χ1) is 9.83. The Morgan fingerprint density at radius 1 is 1.05 bits per heavy atom. The van der Waals surface area contributed by atoms with Gasteiger partial charge in [0.2, 0.25) is 0 Å². The van der Waals surface area contributed by atoms with Crippen LogP contribution >= 0.6 is 0 Å². The number of nitrogens with one attached hydrogen (secondary N) is 1. The highest BCUT2D eigenvalue weighted by atomic mass is 32.2. The minimum atomic E-state index is -3.72. The van der Waals surface area contributed by atoms with Crippen molar-refractivity contribution in [3.8, 4) is 5.75 Å². The van der Waals surface area contributed by atoms with Gasteiger partial charge in [-0.1, -0.05) is 0 Å². The van der Waals surface area contributed by atoms with Crippen LogP contribution in [0, 0.1) is 19.7 Å². The van der Waals surface area contributed by atoms with Gasteiger partial charge in [0.25, 0.3) is 10.0 Å². The third-order valence-electron chi connectivity index (χ3n) is 3.09. The topological polar surface area (TPSA) is 55.4 Å². The Hall–Kier alpha value is -2.08. The number of hydrogen-bond donors (Lipinski definition) is 1. The first-order valence-corrected chi connectivity index (χ1v) is 7.75. The number of benzene rings is 2. The molecular weight excluding hydrogens is 293 g/mol. The lowest BCUT2D eigenvalue weighted by atomic mass is 10.2. The molecule has 0 saturated heterocycles. The van der Waals surface area contributed by atoms with Gasteiger partial charge in [-0.3, -0.25) is 4.72 Å². The van der Waals surface area contributed by atoms with Crippen molar-refractivity contribution >= 4 is 15.7 Å². The summed E-state index contributed by atoms with van der Waals surface area (Å²) in [4.78, 5) is 0.128. The summed E-state index contributed by atoms with van der Waals surface area (Å²) >= 11 is 0. The van der Waals surface area contributed by atoms with Crippen molar-refractivity contribution in [1.82, 2.24) is 0 Å². The molecule has 0 unspecified atom stereocenters. The van der Waals surface area contributed by atoms with Crippen LogP contribution in [0.5, 0.6) is 5.75 Å². The van der Waals surface area contributed by atoms with Crippen LogP contribution < -0.4 is 9.46 Å². The highest BCUT2D eigenvalue weighted by Gasteiger charge is 2.16. The number of hydrogen-bond acceptors (Lipinski definition) is 3. The summed E-state index contributed by atoms with van der Waals surface area (Å²) in [6.45, 7) is 3.34. The highest BCUT2D eigenvalue weighted by Crippen LogP contribution is 2.23. The molecule has 0 radical (unpaired) electrons. The van der Waals surface area contributed by atoms with E-state index < -0.39 is 10.0 Å². The molecule has 0 saturated carbocycles. The van der Waals surface area contributed by atoms with Crippen LogP contribution in [0.4, 0.5) is 10.1 Å². The minimum absolute atomic E-state index is 0.128. The lowest BCUT2D eigenvalue weighted by Gasteiger charge is -2.11. The maximum absolute atomic E-state index is 13.2. The summed E-state index contributed by atoms with van der Waals surface area (Å²) in [5.74, 6) is 0.241. The number of sulfonamides is 1. The van der Waals surface area contributed by atoms with E-state index in [-0.39, 0.29) is 10.7 Å². The summed E-state index contributed by atoms with van der Waals surface area (Å²) in [7, 11) is -2.19. The first-order valence-electron chi connectivity index (χ1n) is 6.27. The van der Waals surface area contributed by atoms with Crippen LogP contribution in [0.15, 0.2) is 41.3 Å². The molecule has 21 heavy (non-hydrogen) atoms. The molecule has 0 heterocycles. The predicted molar refractivity (Wildman–Crippen MR) is 79.7 cm³/mol. The second-order valence-corrected chi connectivity index (χ2v) is 6.38. The number of halogens is 1. The molecular formula is C15H16FNO3S. The molecule has 2 aromatic rings. The van der Waals surface area contributed by atoms with Gasteiger partial charge < -0.3 is 4.74 Å². The van der Waals surface area contributed by atoms with E-state index in [0.717, 1.165) is 5.56 Å². The number of rotatable bonds is 4. The van der Waals surface area contributed by atoms with E-state index >= 15 is 0 Å². The minimum Gasteiger partial charge on any atom is -0.496 e. The average Bonchev–Trinajstić information content (AvgIpc) is 2.42. The van der Waals surface area contributed by atoms with Crippen LogP contribution in [0.2, 0.25) is 0 Å². The quantitative estimate of drug-likeness (QED) is 0.943. The second kappa shape index (κ2) is 5.73. The van der Waals surface area contributed by atoms with Gasteiger partial charge in [0, 0.05) is 5.69 Å². The van der Waals surface area contributed by atoms with Crippen LogP contribution in [-0.4, -0.2) is 15.5 Å². The van der Waals surface area contributed by atoms with Gasteiger partial charge in [-0.15, -0.1) is 0 Å². The molecule has 0 bridgehead atoms. The van der Waals surface area contributed by atoms with Gasteiger partial charge in [0.15, 0.2) is 0 Å². The van der Waals surface area contributed by atoms with Gasteiger partial charge in [0.05, 0.1) is 12.0 Å². The van der Waals surface area contributed by atoms with Gasteiger partial charge >= 0.3 is 0 Å². The fraction of sp³-hybridized carbons (Fsp3) is 0.200. The van der Waals surface area contributed by atoms with E-state index in [0.29, 0.717) is 17.0 Å². The van der Waals surface area contributed by atoms with Crippen LogP contribution in [-0.2, 0) is 10.0 Å². The number of ether oxygens (including phenoxy) is 1. The van der Waals surface area contributed by atoms with E-state index in [9.17, 15) is 12.8 Å². The molecule has 0 amide bonds. The van der Waals surface area contributed by atoms with Crippen molar-refractivity contribution in [2.24, 2.45) is 0 Å². The van der Waals surface area contributed by atoms with Gasteiger partial charge in [-0.25, -0.2) is 12.8 Å². The monoisotopic (exact) mass is 309 g/mol. The van der Waals surface area contributed by atoms with E-state index in [1.54, 1.807) is 19.9 Å². The van der Waals surface area contributed by atoms with Crippen molar-refractivity contribution < 1.29 is 17.5 Å². The predicted octanol–water partition coefficient (Wildman–Crippen LogP) is 3.25. The Labute approximate surface area is 123 Å². The normalized spacial score (nSPS) is 11.2. The lowest BCUT2D eigenvalue weighted by molar-refractivity contribution is 0.411. The van der Waals surface area contributed by atoms with Crippen molar-refractivity contribution in [1.29, 1.82) is 0 Å². The maximum atomic E-state index is 13.2. The molecule has 0 atom stereocenters. The Morgan fingerprint density at radius 3 is 2.33 bits per heavy atom. The van der Waals surface area contributed by atoms with Crippen LogP contribution in [0.25, 0.3) is 0 Å². The third kappa shape index (κ3) is 3.33. The Morgan fingerprint density at radius 2 is 1.76 bits per heavy atom. The largest absolute Gasteiger partial charge is 0.496 e. The lowest BCUT2D eigenvalue weighted by Crippen LogP contribution is -2.13. The summed E-state index contributed by atoms with van der Waals surface area (Å²) in [5.41, 5.74) is 1.42. The van der Waals surface area contributed by atoms with E-state index in [1.807, 2.05) is 0 Å². The molecule has 1 N–H and O–H groups in total. The Bertz CT molecular complexity index is 772. The zero-order valence-electron chi connectivity index (χ0n) is 12.0. The number of anilines is 1. The van der Waals surface area contributed by atoms with Gasteiger partial charge in [-0.2, -0.15) is 0 Å². The summed E-state index contributed by atoms with van der Waals surface area (Å²) in [6.07, 6.45) is 0. The van der Waals surface area contributed by atoms with Crippen LogP contribution in [0.1, 0.15) is 11.1 Å². The molecule has 0 aromatic heterocycles. The molecule has 6 heteroatoms. The molecule has 0 aliphatic rings. The average molecular weight is 309 g/mol. The molecule has 0 aliphatic carbocycles. The van der Waals surface area contributed by atoms with E-state index in [2.05, 4.69) is 4.72 Å². The Kier molecular flexibility index (Phi) is 4.18. The van der Waals surface area contributed by atoms with Crippen molar-refractivity contribution in [2.75, 3.05) is 11.8 Å². The summed E-state index contributed by atoms with van der Waals surface area (Å²) in [6, 6.07) is 8.65. The molecule has 0 fully saturated rings. The van der Waals surface area contributed by atoms with Crippen LogP contribution in [0.3, 0.4) is 0 Å². The zero-order valence-corrected chi connectivity index (χ0v) is 12.8. The zero-order chi connectivity index (χ0) is 15.6. The van der Waals surface area contributed by atoms with Crippen molar-refractivity contribution in [2.45, 2.75) is 18.7 Å².